The summed E-state index contributed by atoms with van der Waals surface area (Å²) in [6.07, 6.45) is 2.68. The van der Waals surface area contributed by atoms with E-state index in [1.54, 1.807) is 0 Å². The average Bonchev–Trinajstić information content (AvgIpc) is 3.15. The number of aromatic nitrogens is 2. The Hall–Kier alpha value is -1.43. The fourth-order valence-corrected chi connectivity index (χ4v) is 2.97. The number of fused-ring (bicyclic) bond motifs is 1. The van der Waals surface area contributed by atoms with Crippen LogP contribution in [0.4, 0.5) is 0 Å². The summed E-state index contributed by atoms with van der Waals surface area (Å²) in [5, 5.41) is 10.3. The normalized spacial score (nSPS) is 19.8. The van der Waals surface area contributed by atoms with Gasteiger partial charge in [0.25, 0.3) is 0 Å². The van der Waals surface area contributed by atoms with Crippen molar-refractivity contribution in [2.24, 2.45) is 0 Å². The quantitative estimate of drug-likeness (QED) is 0.851. The highest BCUT2D eigenvalue weighted by Gasteiger charge is 2.17. The molecule has 120 valence electrons. The number of para-hydroxylation sites is 2. The zero-order valence-corrected chi connectivity index (χ0v) is 13.1. The summed E-state index contributed by atoms with van der Waals surface area (Å²) in [5.74, 6) is 0.999. The number of aryl methyl sites for hydroxylation is 1. The molecule has 3 rings (SSSR count). The fourth-order valence-electron chi connectivity index (χ4n) is 2.97. The van der Waals surface area contributed by atoms with Gasteiger partial charge in [-0.1, -0.05) is 19.1 Å². The Bertz CT molecular complexity index is 605. The first-order valence-corrected chi connectivity index (χ1v) is 8.09. The van der Waals surface area contributed by atoms with Crippen LogP contribution in [0.25, 0.3) is 11.0 Å². The van der Waals surface area contributed by atoms with Gasteiger partial charge in [-0.2, -0.15) is 0 Å². The smallest absolute Gasteiger partial charge is 0.109 e. The molecule has 1 N–H and O–H groups in total. The molecule has 0 bridgehead atoms. The zero-order chi connectivity index (χ0) is 15.4. The minimum Gasteiger partial charge on any atom is -0.389 e. The average molecular weight is 304 g/mol. The first-order valence-electron chi connectivity index (χ1n) is 8.09. The van der Waals surface area contributed by atoms with Crippen molar-refractivity contribution in [3.63, 3.8) is 0 Å². The van der Waals surface area contributed by atoms with Gasteiger partial charge in [0.2, 0.25) is 0 Å². The van der Waals surface area contributed by atoms with Crippen molar-refractivity contribution in [2.45, 2.75) is 44.9 Å². The van der Waals surface area contributed by atoms with Crippen molar-refractivity contribution in [2.75, 3.05) is 19.8 Å². The summed E-state index contributed by atoms with van der Waals surface area (Å²) in [4.78, 5) is 4.62. The van der Waals surface area contributed by atoms with Crippen molar-refractivity contribution in [1.29, 1.82) is 0 Å². The molecule has 0 saturated carbocycles. The first-order chi connectivity index (χ1) is 10.8. The minimum atomic E-state index is -0.538. The van der Waals surface area contributed by atoms with Gasteiger partial charge in [-0.05, 0) is 25.0 Å². The third-order valence-electron chi connectivity index (χ3n) is 4.08. The highest BCUT2D eigenvalue weighted by Crippen LogP contribution is 2.17. The maximum atomic E-state index is 10.3. The lowest BCUT2D eigenvalue weighted by atomic mass is 10.2. The lowest BCUT2D eigenvalue weighted by Gasteiger charge is -2.16. The number of hydrogen-bond acceptors (Lipinski definition) is 4. The van der Waals surface area contributed by atoms with Gasteiger partial charge in [0, 0.05) is 13.0 Å². The number of aliphatic hydroxyl groups excluding tert-OH is 1. The Balaban J connectivity index is 1.59. The number of imidazole rings is 1. The second-order valence-corrected chi connectivity index (χ2v) is 5.81. The molecule has 2 heterocycles. The van der Waals surface area contributed by atoms with Gasteiger partial charge in [-0.25, -0.2) is 4.98 Å². The van der Waals surface area contributed by atoms with E-state index in [1.165, 1.54) is 0 Å². The molecular formula is C17H24N2O3. The van der Waals surface area contributed by atoms with Crippen LogP contribution in [0.2, 0.25) is 0 Å². The summed E-state index contributed by atoms with van der Waals surface area (Å²) in [7, 11) is 0. The number of rotatable bonds is 7. The van der Waals surface area contributed by atoms with Crippen LogP contribution in [0.5, 0.6) is 0 Å². The Morgan fingerprint density at radius 1 is 1.45 bits per heavy atom. The number of nitrogens with zero attached hydrogens (tertiary/aromatic N) is 2. The molecule has 0 radical (unpaired) electrons. The first kappa shape index (κ1) is 15.5. The maximum Gasteiger partial charge on any atom is 0.109 e. The Morgan fingerprint density at radius 2 is 2.32 bits per heavy atom. The summed E-state index contributed by atoms with van der Waals surface area (Å²) in [6.45, 7) is 4.32. The van der Waals surface area contributed by atoms with Crippen molar-refractivity contribution in [3.8, 4) is 0 Å². The fraction of sp³-hybridized carbons (Fsp3) is 0.588. The molecule has 1 aliphatic rings. The second kappa shape index (κ2) is 7.22. The molecular weight excluding hydrogens is 280 g/mol. The molecule has 2 unspecified atom stereocenters. The van der Waals surface area contributed by atoms with Crippen LogP contribution >= 0.6 is 0 Å². The predicted molar refractivity (Wildman–Crippen MR) is 84.9 cm³/mol. The van der Waals surface area contributed by atoms with Crippen molar-refractivity contribution >= 4 is 11.0 Å². The molecule has 0 spiro atoms. The highest BCUT2D eigenvalue weighted by molar-refractivity contribution is 5.75. The van der Waals surface area contributed by atoms with E-state index in [-0.39, 0.29) is 6.10 Å². The summed E-state index contributed by atoms with van der Waals surface area (Å²) < 4.78 is 13.2. The van der Waals surface area contributed by atoms with E-state index >= 15 is 0 Å². The monoisotopic (exact) mass is 304 g/mol. The zero-order valence-electron chi connectivity index (χ0n) is 13.1. The Kier molecular flexibility index (Phi) is 5.08. The molecule has 1 fully saturated rings. The third-order valence-corrected chi connectivity index (χ3v) is 4.08. The molecule has 5 heteroatoms. The van der Waals surface area contributed by atoms with Gasteiger partial charge in [-0.15, -0.1) is 0 Å². The molecule has 5 nitrogen and oxygen atoms in total. The highest BCUT2D eigenvalue weighted by atomic mass is 16.5. The summed E-state index contributed by atoms with van der Waals surface area (Å²) in [5.41, 5.74) is 2.05. The van der Waals surface area contributed by atoms with Crippen LogP contribution in [-0.4, -0.2) is 46.7 Å². The standard InChI is InChI=1S/C17H24N2O3/c1-2-17-18-15-7-3-4-8-16(15)19(17)10-13(20)11-21-12-14-6-5-9-22-14/h3-4,7-8,13-14,20H,2,5-6,9-12H2,1H3. The Labute approximate surface area is 130 Å². The van der Waals surface area contributed by atoms with E-state index in [4.69, 9.17) is 9.47 Å². The van der Waals surface area contributed by atoms with Crippen LogP contribution in [0.15, 0.2) is 24.3 Å². The van der Waals surface area contributed by atoms with E-state index < -0.39 is 6.10 Å². The predicted octanol–water partition coefficient (Wildman–Crippen LogP) is 2.16. The topological polar surface area (TPSA) is 56.5 Å². The number of ether oxygens (including phenoxy) is 2. The Morgan fingerprint density at radius 3 is 3.09 bits per heavy atom. The summed E-state index contributed by atoms with van der Waals surface area (Å²) in [6, 6.07) is 8.03. The lowest BCUT2D eigenvalue weighted by molar-refractivity contribution is -0.0206. The lowest BCUT2D eigenvalue weighted by Crippen LogP contribution is -2.25. The second-order valence-electron chi connectivity index (χ2n) is 5.81. The van der Waals surface area contributed by atoms with Gasteiger partial charge in [0.15, 0.2) is 0 Å². The number of benzene rings is 1. The van der Waals surface area contributed by atoms with E-state index in [1.807, 2.05) is 24.3 Å². The van der Waals surface area contributed by atoms with Gasteiger partial charge in [-0.3, -0.25) is 0 Å². The van der Waals surface area contributed by atoms with E-state index in [2.05, 4.69) is 16.5 Å². The van der Waals surface area contributed by atoms with Crippen LogP contribution in [-0.2, 0) is 22.4 Å². The SMILES string of the molecule is CCc1nc2ccccc2n1CC(O)COCC1CCCO1. The van der Waals surface area contributed by atoms with Crippen LogP contribution < -0.4 is 0 Å². The van der Waals surface area contributed by atoms with Crippen molar-refractivity contribution < 1.29 is 14.6 Å². The van der Waals surface area contributed by atoms with E-state index in [0.717, 1.165) is 42.7 Å². The molecule has 22 heavy (non-hydrogen) atoms. The molecule has 2 atom stereocenters. The van der Waals surface area contributed by atoms with Crippen LogP contribution in [0.3, 0.4) is 0 Å². The minimum absolute atomic E-state index is 0.201. The van der Waals surface area contributed by atoms with Crippen LogP contribution in [0.1, 0.15) is 25.6 Å². The number of hydrogen-bond donors (Lipinski definition) is 1. The molecule has 1 saturated heterocycles. The largest absolute Gasteiger partial charge is 0.389 e. The molecule has 1 aliphatic heterocycles. The van der Waals surface area contributed by atoms with Gasteiger partial charge in [0.1, 0.15) is 5.82 Å². The van der Waals surface area contributed by atoms with Crippen molar-refractivity contribution in [1.82, 2.24) is 9.55 Å². The molecule has 0 aliphatic carbocycles. The molecule has 1 aromatic heterocycles. The van der Waals surface area contributed by atoms with E-state index in [0.29, 0.717) is 19.8 Å². The van der Waals surface area contributed by atoms with Gasteiger partial charge >= 0.3 is 0 Å². The summed E-state index contributed by atoms with van der Waals surface area (Å²) >= 11 is 0. The van der Waals surface area contributed by atoms with Crippen LogP contribution in [0, 0.1) is 0 Å². The maximum absolute atomic E-state index is 10.3. The molecule has 1 aromatic carbocycles. The van der Waals surface area contributed by atoms with Crippen molar-refractivity contribution in [3.05, 3.63) is 30.1 Å². The molecule has 2 aromatic rings. The third kappa shape index (κ3) is 3.48. The van der Waals surface area contributed by atoms with Gasteiger partial charge < -0.3 is 19.1 Å². The number of aliphatic hydroxyl groups is 1. The van der Waals surface area contributed by atoms with E-state index in [9.17, 15) is 5.11 Å². The van der Waals surface area contributed by atoms with Gasteiger partial charge in [0.05, 0.1) is 43.0 Å². The molecule has 0 amide bonds.